The second kappa shape index (κ2) is 6.40. The highest BCUT2D eigenvalue weighted by molar-refractivity contribution is 5.48. The molecule has 0 aliphatic heterocycles. The van der Waals surface area contributed by atoms with E-state index in [0.29, 0.717) is 0 Å². The van der Waals surface area contributed by atoms with Crippen molar-refractivity contribution in [2.45, 2.75) is 46.6 Å². The Bertz CT molecular complexity index is 439. The number of hydrogen-bond donors (Lipinski definition) is 2. The van der Waals surface area contributed by atoms with Crippen LogP contribution in [0.5, 0.6) is 5.75 Å². The Morgan fingerprint density at radius 1 is 1.21 bits per heavy atom. The van der Waals surface area contributed by atoms with Gasteiger partial charge >= 0.3 is 0 Å². The number of benzene rings is 1. The Morgan fingerprint density at radius 2 is 1.84 bits per heavy atom. The maximum absolute atomic E-state index is 9.23. The normalized spacial score (nSPS) is 11.7. The first-order valence-electron chi connectivity index (χ1n) is 6.82. The number of aliphatic hydroxyl groups is 1. The summed E-state index contributed by atoms with van der Waals surface area (Å²) in [6.45, 7) is 11.4. The summed E-state index contributed by atoms with van der Waals surface area (Å²) in [4.78, 5) is 0. The molecule has 0 saturated heterocycles. The molecular weight excluding hydrogens is 238 g/mol. The van der Waals surface area contributed by atoms with E-state index in [4.69, 9.17) is 4.74 Å². The van der Waals surface area contributed by atoms with Crippen LogP contribution in [0.2, 0.25) is 0 Å². The molecule has 19 heavy (non-hydrogen) atoms. The monoisotopic (exact) mass is 265 g/mol. The minimum Gasteiger partial charge on any atom is -0.496 e. The van der Waals surface area contributed by atoms with E-state index in [-0.39, 0.29) is 12.1 Å². The van der Waals surface area contributed by atoms with Gasteiger partial charge < -0.3 is 15.2 Å². The molecule has 0 aliphatic carbocycles. The van der Waals surface area contributed by atoms with Crippen LogP contribution in [0.3, 0.4) is 0 Å². The van der Waals surface area contributed by atoms with Crippen molar-refractivity contribution in [3.63, 3.8) is 0 Å². The molecule has 3 nitrogen and oxygen atoms in total. The molecule has 0 amide bonds. The van der Waals surface area contributed by atoms with E-state index >= 15 is 0 Å². The van der Waals surface area contributed by atoms with Crippen LogP contribution < -0.4 is 10.1 Å². The van der Waals surface area contributed by atoms with Gasteiger partial charge in [0, 0.05) is 5.54 Å². The van der Waals surface area contributed by atoms with Crippen molar-refractivity contribution in [1.29, 1.82) is 0 Å². The first-order chi connectivity index (χ1) is 8.82. The number of aliphatic hydroxyl groups excluding tert-OH is 1. The van der Waals surface area contributed by atoms with Gasteiger partial charge in [0.15, 0.2) is 0 Å². The smallest absolute Gasteiger partial charge is 0.122 e. The lowest BCUT2D eigenvalue weighted by Gasteiger charge is -2.24. The summed E-state index contributed by atoms with van der Waals surface area (Å²) in [6, 6.07) is 2.11. The van der Waals surface area contributed by atoms with E-state index in [1.165, 1.54) is 22.3 Å². The number of rotatable bonds is 6. The number of aryl methyl sites for hydroxylation is 1. The molecule has 1 aromatic rings. The first kappa shape index (κ1) is 16.0. The molecule has 0 heterocycles. The minimum atomic E-state index is -0.219. The molecule has 0 atom stereocenters. The second-order valence-electron chi connectivity index (χ2n) is 5.84. The van der Waals surface area contributed by atoms with E-state index in [9.17, 15) is 5.11 Å². The zero-order chi connectivity index (χ0) is 14.6. The summed E-state index contributed by atoms with van der Waals surface area (Å²) in [7, 11) is 1.71. The van der Waals surface area contributed by atoms with Gasteiger partial charge in [-0.05, 0) is 75.9 Å². The fourth-order valence-electron chi connectivity index (χ4n) is 2.28. The molecule has 0 aliphatic rings. The molecule has 0 unspecified atom stereocenters. The lowest BCUT2D eigenvalue weighted by Crippen LogP contribution is -2.43. The topological polar surface area (TPSA) is 41.5 Å². The van der Waals surface area contributed by atoms with E-state index in [1.54, 1.807) is 7.11 Å². The maximum Gasteiger partial charge on any atom is 0.122 e. The van der Waals surface area contributed by atoms with Crippen molar-refractivity contribution in [2.75, 3.05) is 20.3 Å². The molecule has 0 spiro atoms. The van der Waals surface area contributed by atoms with Gasteiger partial charge in [0.1, 0.15) is 5.75 Å². The van der Waals surface area contributed by atoms with Crippen molar-refractivity contribution in [2.24, 2.45) is 0 Å². The Balaban J connectivity index is 2.82. The highest BCUT2D eigenvalue weighted by Gasteiger charge is 2.16. The molecule has 0 bridgehead atoms. The average Bonchev–Trinajstić information content (AvgIpc) is 2.37. The van der Waals surface area contributed by atoms with Crippen LogP contribution in [0, 0.1) is 20.8 Å². The van der Waals surface area contributed by atoms with E-state index in [0.717, 1.165) is 18.7 Å². The highest BCUT2D eigenvalue weighted by atomic mass is 16.5. The van der Waals surface area contributed by atoms with Gasteiger partial charge in [-0.2, -0.15) is 0 Å². The van der Waals surface area contributed by atoms with Crippen molar-refractivity contribution < 1.29 is 9.84 Å². The van der Waals surface area contributed by atoms with Gasteiger partial charge in [0.25, 0.3) is 0 Å². The predicted octanol–water partition coefficient (Wildman–Crippen LogP) is 2.52. The molecule has 3 heteroatoms. The van der Waals surface area contributed by atoms with Gasteiger partial charge in [-0.1, -0.05) is 0 Å². The van der Waals surface area contributed by atoms with Gasteiger partial charge in [0.2, 0.25) is 0 Å². The van der Waals surface area contributed by atoms with Gasteiger partial charge in [0.05, 0.1) is 13.7 Å². The standard InChI is InChI=1S/C16H27NO2/c1-11-9-15(19-6)13(3)12(2)14(11)7-8-17-16(4,5)10-18/h9,17-18H,7-8,10H2,1-6H3. The first-order valence-corrected chi connectivity index (χ1v) is 6.82. The van der Waals surface area contributed by atoms with E-state index in [1.807, 2.05) is 13.8 Å². The maximum atomic E-state index is 9.23. The largest absolute Gasteiger partial charge is 0.496 e. The van der Waals surface area contributed by atoms with E-state index in [2.05, 4.69) is 32.2 Å². The quantitative estimate of drug-likeness (QED) is 0.830. The Morgan fingerprint density at radius 3 is 2.37 bits per heavy atom. The number of ether oxygens (including phenoxy) is 1. The van der Waals surface area contributed by atoms with Crippen molar-refractivity contribution in [3.8, 4) is 5.75 Å². The molecule has 108 valence electrons. The minimum absolute atomic E-state index is 0.145. The molecule has 0 aromatic heterocycles. The molecule has 0 saturated carbocycles. The van der Waals surface area contributed by atoms with Crippen LogP contribution in [0.15, 0.2) is 6.07 Å². The van der Waals surface area contributed by atoms with Crippen LogP contribution in [0.25, 0.3) is 0 Å². The molecule has 1 aromatic carbocycles. The number of methoxy groups -OCH3 is 1. The van der Waals surface area contributed by atoms with Gasteiger partial charge in [-0.3, -0.25) is 0 Å². The Labute approximate surface area is 117 Å². The molecular formula is C16H27NO2. The lowest BCUT2D eigenvalue weighted by molar-refractivity contribution is 0.189. The van der Waals surface area contributed by atoms with Crippen molar-refractivity contribution in [1.82, 2.24) is 5.32 Å². The molecule has 0 fully saturated rings. The second-order valence-corrected chi connectivity index (χ2v) is 5.84. The van der Waals surface area contributed by atoms with Crippen LogP contribution in [0.1, 0.15) is 36.1 Å². The van der Waals surface area contributed by atoms with Crippen LogP contribution in [-0.4, -0.2) is 30.9 Å². The fourth-order valence-corrected chi connectivity index (χ4v) is 2.28. The zero-order valence-electron chi connectivity index (χ0n) is 13.1. The lowest BCUT2D eigenvalue weighted by atomic mass is 9.94. The van der Waals surface area contributed by atoms with Crippen molar-refractivity contribution in [3.05, 3.63) is 28.3 Å². The van der Waals surface area contributed by atoms with Crippen LogP contribution in [-0.2, 0) is 6.42 Å². The molecule has 2 N–H and O–H groups in total. The van der Waals surface area contributed by atoms with Crippen LogP contribution in [0.4, 0.5) is 0 Å². The molecule has 0 radical (unpaired) electrons. The summed E-state index contributed by atoms with van der Waals surface area (Å²) >= 11 is 0. The van der Waals surface area contributed by atoms with Gasteiger partial charge in [-0.25, -0.2) is 0 Å². The van der Waals surface area contributed by atoms with Gasteiger partial charge in [-0.15, -0.1) is 0 Å². The summed E-state index contributed by atoms with van der Waals surface area (Å²) in [5.41, 5.74) is 4.94. The predicted molar refractivity (Wildman–Crippen MR) is 80.1 cm³/mol. The summed E-state index contributed by atoms with van der Waals surface area (Å²) in [6.07, 6.45) is 0.964. The summed E-state index contributed by atoms with van der Waals surface area (Å²) in [5, 5.41) is 12.6. The third kappa shape index (κ3) is 3.95. The molecule has 1 rings (SSSR count). The third-order valence-electron chi connectivity index (χ3n) is 3.80. The van der Waals surface area contributed by atoms with Crippen LogP contribution >= 0.6 is 0 Å². The Kier molecular flexibility index (Phi) is 5.39. The summed E-state index contributed by atoms with van der Waals surface area (Å²) in [5.74, 6) is 0.961. The van der Waals surface area contributed by atoms with Crippen molar-refractivity contribution >= 4 is 0 Å². The fraction of sp³-hybridized carbons (Fsp3) is 0.625. The Hall–Kier alpha value is -1.06. The summed E-state index contributed by atoms with van der Waals surface area (Å²) < 4.78 is 5.39. The van der Waals surface area contributed by atoms with E-state index < -0.39 is 0 Å². The SMILES string of the molecule is COc1cc(C)c(CCNC(C)(C)CO)c(C)c1C. The number of hydrogen-bond acceptors (Lipinski definition) is 3. The zero-order valence-corrected chi connectivity index (χ0v) is 13.1. The highest BCUT2D eigenvalue weighted by Crippen LogP contribution is 2.27. The average molecular weight is 265 g/mol. The number of nitrogens with one attached hydrogen (secondary N) is 1. The third-order valence-corrected chi connectivity index (χ3v) is 3.80.